The number of aliphatic hydroxyl groups excluding tert-OH is 1. The second-order valence-electron chi connectivity index (χ2n) is 6.45. The predicted octanol–water partition coefficient (Wildman–Crippen LogP) is 3.96. The number of hydrogen-bond acceptors (Lipinski definition) is 4. The van der Waals surface area contributed by atoms with E-state index in [9.17, 15) is 9.90 Å². The lowest BCUT2D eigenvalue weighted by molar-refractivity contribution is -0.140. The van der Waals surface area contributed by atoms with Gasteiger partial charge in [-0.05, 0) is 43.7 Å². The maximum atomic E-state index is 11.1. The molecular weight excluding hydrogens is 340 g/mol. The molecule has 1 aromatic carbocycles. The van der Waals surface area contributed by atoms with Crippen molar-refractivity contribution in [2.45, 2.75) is 43.6 Å². The van der Waals surface area contributed by atoms with E-state index < -0.39 is 6.10 Å². The number of hydrogen-bond donors (Lipinski definition) is 1. The molecule has 0 saturated heterocycles. The smallest absolute Gasteiger partial charge is 0.305 e. The summed E-state index contributed by atoms with van der Waals surface area (Å²) in [4.78, 5) is 11.1. The van der Waals surface area contributed by atoms with Gasteiger partial charge in [0.1, 0.15) is 5.75 Å². The van der Waals surface area contributed by atoms with Gasteiger partial charge in [0.2, 0.25) is 0 Å². The number of alkyl halides is 1. The van der Waals surface area contributed by atoms with Gasteiger partial charge in [-0.15, -0.1) is 11.6 Å². The van der Waals surface area contributed by atoms with Crippen molar-refractivity contribution in [2.75, 3.05) is 13.7 Å². The Labute approximate surface area is 154 Å². The molecule has 1 N–H and O–H groups in total. The lowest BCUT2D eigenvalue weighted by Crippen LogP contribution is -2.27. The number of para-hydroxylation sites is 1. The Hall–Kier alpha value is -1.52. The zero-order chi connectivity index (χ0) is 18.1. The number of halogens is 1. The van der Waals surface area contributed by atoms with Crippen molar-refractivity contribution in [3.8, 4) is 5.75 Å². The first-order valence-corrected chi connectivity index (χ1v) is 9.27. The van der Waals surface area contributed by atoms with Crippen LogP contribution in [0, 0.1) is 11.8 Å². The number of unbranched alkanes of at least 4 members (excludes halogenated alkanes) is 1. The van der Waals surface area contributed by atoms with Gasteiger partial charge in [0.25, 0.3) is 0 Å². The minimum atomic E-state index is -0.427. The molecule has 2 rings (SSSR count). The topological polar surface area (TPSA) is 55.8 Å². The van der Waals surface area contributed by atoms with Crippen molar-refractivity contribution in [1.29, 1.82) is 0 Å². The molecule has 1 fully saturated rings. The molecule has 4 unspecified atom stereocenters. The van der Waals surface area contributed by atoms with E-state index in [1.165, 1.54) is 7.11 Å². The summed E-state index contributed by atoms with van der Waals surface area (Å²) in [5, 5.41) is 10.3. The maximum absolute atomic E-state index is 11.1. The van der Waals surface area contributed by atoms with Gasteiger partial charge in [-0.3, -0.25) is 4.79 Å². The highest BCUT2D eigenvalue weighted by molar-refractivity contribution is 6.21. The standard InChI is InChI=1S/C20H27ClO4/c1-24-20(23)12-8-3-2-7-11-16-17(19(22)13-18(16)21)14-25-15-9-5-4-6-10-15/h2,4-7,9-10,16-19,22H,3,8,11-14H2,1H3/b7-2-. The number of methoxy groups -OCH3 is 1. The minimum Gasteiger partial charge on any atom is -0.493 e. The van der Waals surface area contributed by atoms with Crippen molar-refractivity contribution in [3.05, 3.63) is 42.5 Å². The van der Waals surface area contributed by atoms with E-state index in [1.807, 2.05) is 30.3 Å². The van der Waals surface area contributed by atoms with Crippen molar-refractivity contribution in [1.82, 2.24) is 0 Å². The molecule has 5 heteroatoms. The fraction of sp³-hybridized carbons (Fsp3) is 0.550. The number of esters is 1. The molecule has 0 amide bonds. The third-order valence-electron chi connectivity index (χ3n) is 4.72. The molecule has 0 heterocycles. The molecule has 0 radical (unpaired) electrons. The van der Waals surface area contributed by atoms with Crippen LogP contribution < -0.4 is 4.74 Å². The molecule has 1 aliphatic carbocycles. The molecule has 1 aliphatic rings. The van der Waals surface area contributed by atoms with E-state index in [2.05, 4.69) is 16.9 Å². The number of aliphatic hydroxyl groups is 1. The Bertz CT molecular complexity index is 546. The molecule has 25 heavy (non-hydrogen) atoms. The summed E-state index contributed by atoms with van der Waals surface area (Å²) in [5.74, 6) is 0.857. The second kappa shape index (κ2) is 10.5. The Kier molecular flexibility index (Phi) is 8.29. The zero-order valence-electron chi connectivity index (χ0n) is 14.6. The van der Waals surface area contributed by atoms with Gasteiger partial charge in [0, 0.05) is 17.7 Å². The maximum Gasteiger partial charge on any atom is 0.305 e. The average molecular weight is 367 g/mol. The summed E-state index contributed by atoms with van der Waals surface area (Å²) in [6.45, 7) is 0.468. The fourth-order valence-electron chi connectivity index (χ4n) is 3.24. The van der Waals surface area contributed by atoms with Gasteiger partial charge in [0.15, 0.2) is 0 Å². The first-order chi connectivity index (χ1) is 12.1. The van der Waals surface area contributed by atoms with E-state index in [4.69, 9.17) is 16.3 Å². The van der Waals surface area contributed by atoms with E-state index in [1.54, 1.807) is 0 Å². The first kappa shape index (κ1) is 19.8. The highest BCUT2D eigenvalue weighted by Crippen LogP contribution is 2.39. The van der Waals surface area contributed by atoms with E-state index >= 15 is 0 Å². The molecule has 1 saturated carbocycles. The third kappa shape index (κ3) is 6.37. The van der Waals surface area contributed by atoms with Crippen LogP contribution in [-0.2, 0) is 9.53 Å². The predicted molar refractivity (Wildman–Crippen MR) is 98.8 cm³/mol. The number of ether oxygens (including phenoxy) is 2. The molecule has 4 atom stereocenters. The zero-order valence-corrected chi connectivity index (χ0v) is 15.4. The van der Waals surface area contributed by atoms with Crippen molar-refractivity contribution in [2.24, 2.45) is 11.8 Å². The highest BCUT2D eigenvalue weighted by Gasteiger charge is 2.41. The quantitative estimate of drug-likeness (QED) is 0.311. The first-order valence-electron chi connectivity index (χ1n) is 8.83. The SMILES string of the molecule is COC(=O)CCC/C=C\CC1C(Cl)CC(O)C1COc1ccccc1. The van der Waals surface area contributed by atoms with Gasteiger partial charge in [-0.25, -0.2) is 0 Å². The average Bonchev–Trinajstić information content (AvgIpc) is 2.89. The second-order valence-corrected chi connectivity index (χ2v) is 7.01. The van der Waals surface area contributed by atoms with Gasteiger partial charge in [-0.1, -0.05) is 30.4 Å². The van der Waals surface area contributed by atoms with Crippen molar-refractivity contribution in [3.63, 3.8) is 0 Å². The lowest BCUT2D eigenvalue weighted by Gasteiger charge is -2.22. The fourth-order valence-corrected chi connectivity index (χ4v) is 3.71. The molecule has 0 spiro atoms. The highest BCUT2D eigenvalue weighted by atomic mass is 35.5. The molecule has 138 valence electrons. The summed E-state index contributed by atoms with van der Waals surface area (Å²) in [6.07, 6.45) is 7.22. The van der Waals surface area contributed by atoms with Crippen LogP contribution in [0.5, 0.6) is 5.75 Å². The number of allylic oxidation sites excluding steroid dienone is 2. The van der Waals surface area contributed by atoms with Crippen LogP contribution in [0.2, 0.25) is 0 Å². The Morgan fingerprint density at radius 1 is 1.28 bits per heavy atom. The molecule has 1 aromatic rings. The molecule has 0 aliphatic heterocycles. The Morgan fingerprint density at radius 2 is 2.04 bits per heavy atom. The van der Waals surface area contributed by atoms with E-state index in [-0.39, 0.29) is 23.2 Å². The van der Waals surface area contributed by atoms with Gasteiger partial charge >= 0.3 is 5.97 Å². The van der Waals surface area contributed by atoms with Gasteiger partial charge in [0.05, 0.1) is 19.8 Å². The van der Waals surface area contributed by atoms with Gasteiger partial charge < -0.3 is 14.6 Å². The molecule has 0 bridgehead atoms. The molecule has 4 nitrogen and oxygen atoms in total. The van der Waals surface area contributed by atoms with Crippen LogP contribution in [0.15, 0.2) is 42.5 Å². The van der Waals surface area contributed by atoms with Crippen LogP contribution in [-0.4, -0.2) is 36.3 Å². The van der Waals surface area contributed by atoms with Crippen LogP contribution in [0.4, 0.5) is 0 Å². The Balaban J connectivity index is 1.79. The van der Waals surface area contributed by atoms with Gasteiger partial charge in [-0.2, -0.15) is 0 Å². The number of carbonyl (C=O) groups is 1. The normalized spacial score (nSPS) is 26.0. The van der Waals surface area contributed by atoms with E-state index in [0.29, 0.717) is 19.4 Å². The van der Waals surface area contributed by atoms with Crippen molar-refractivity contribution >= 4 is 17.6 Å². The monoisotopic (exact) mass is 366 g/mol. The lowest BCUT2D eigenvalue weighted by atomic mass is 9.92. The van der Waals surface area contributed by atoms with Crippen molar-refractivity contribution < 1.29 is 19.4 Å². The summed E-state index contributed by atoms with van der Waals surface area (Å²) < 4.78 is 10.4. The number of benzene rings is 1. The van der Waals surface area contributed by atoms with Crippen LogP contribution >= 0.6 is 11.6 Å². The third-order valence-corrected chi connectivity index (χ3v) is 5.22. The Morgan fingerprint density at radius 3 is 2.76 bits per heavy atom. The van der Waals surface area contributed by atoms with Crippen LogP contribution in [0.25, 0.3) is 0 Å². The van der Waals surface area contributed by atoms with Crippen LogP contribution in [0.1, 0.15) is 32.1 Å². The summed E-state index contributed by atoms with van der Waals surface area (Å²) in [7, 11) is 1.40. The summed E-state index contributed by atoms with van der Waals surface area (Å²) in [6, 6.07) is 9.63. The number of carbonyl (C=O) groups excluding carboxylic acids is 1. The molecule has 0 aromatic heterocycles. The number of rotatable bonds is 9. The minimum absolute atomic E-state index is 0.0300. The molecular formula is C20H27ClO4. The van der Waals surface area contributed by atoms with E-state index in [0.717, 1.165) is 25.0 Å². The summed E-state index contributed by atoms with van der Waals surface area (Å²) in [5.41, 5.74) is 0. The van der Waals surface area contributed by atoms with Crippen LogP contribution in [0.3, 0.4) is 0 Å². The largest absolute Gasteiger partial charge is 0.493 e. The summed E-state index contributed by atoms with van der Waals surface area (Å²) >= 11 is 6.44.